The Labute approximate surface area is 102 Å². The molecule has 0 fully saturated rings. The highest BCUT2D eigenvalue weighted by Gasteiger charge is 2.19. The van der Waals surface area contributed by atoms with Gasteiger partial charge in [-0.25, -0.2) is 9.59 Å². The van der Waals surface area contributed by atoms with Crippen molar-refractivity contribution in [3.8, 4) is 0 Å². The fourth-order valence-corrected chi connectivity index (χ4v) is 1.48. The molecule has 96 valence electrons. The monoisotopic (exact) mass is 253 g/mol. The molecular formula is C11H11NO6. The van der Waals surface area contributed by atoms with Crippen molar-refractivity contribution < 1.29 is 29.7 Å². The number of carboxylic acid groups (broad SMARTS) is 3. The van der Waals surface area contributed by atoms with Crippen molar-refractivity contribution >= 4 is 17.9 Å². The summed E-state index contributed by atoms with van der Waals surface area (Å²) < 4.78 is 0. The van der Waals surface area contributed by atoms with Crippen molar-refractivity contribution in [3.63, 3.8) is 0 Å². The van der Waals surface area contributed by atoms with E-state index in [1.807, 2.05) is 0 Å². The van der Waals surface area contributed by atoms with Gasteiger partial charge in [0.15, 0.2) is 0 Å². The van der Waals surface area contributed by atoms with E-state index < -0.39 is 17.9 Å². The number of benzene rings is 1. The topological polar surface area (TPSA) is 124 Å². The summed E-state index contributed by atoms with van der Waals surface area (Å²) in [5, 5.41) is 28.8. The lowest BCUT2D eigenvalue weighted by atomic mass is 10.0. The number of nitrogens with one attached hydrogen (secondary N) is 1. The third-order valence-corrected chi connectivity index (χ3v) is 2.19. The maximum absolute atomic E-state index is 11.0. The molecule has 0 saturated carbocycles. The van der Waals surface area contributed by atoms with E-state index in [2.05, 4.69) is 5.32 Å². The smallest absolute Gasteiger partial charge is 0.336 e. The number of hydrogen-bond acceptors (Lipinski definition) is 4. The molecule has 0 aliphatic carbocycles. The van der Waals surface area contributed by atoms with Crippen LogP contribution in [-0.4, -0.2) is 39.8 Å². The van der Waals surface area contributed by atoms with Crippen LogP contribution in [0.4, 0.5) is 0 Å². The Bertz CT molecular complexity index is 496. The van der Waals surface area contributed by atoms with Crippen LogP contribution >= 0.6 is 0 Å². The molecule has 0 bridgehead atoms. The van der Waals surface area contributed by atoms with Crippen LogP contribution < -0.4 is 5.32 Å². The molecule has 0 amide bonds. The minimum Gasteiger partial charge on any atom is -0.480 e. The van der Waals surface area contributed by atoms with Crippen molar-refractivity contribution in [3.05, 3.63) is 34.9 Å². The van der Waals surface area contributed by atoms with Gasteiger partial charge in [-0.05, 0) is 11.6 Å². The Kier molecular flexibility index (Phi) is 4.39. The van der Waals surface area contributed by atoms with Crippen LogP contribution in [0, 0.1) is 0 Å². The van der Waals surface area contributed by atoms with Gasteiger partial charge in [0.05, 0.1) is 17.7 Å². The van der Waals surface area contributed by atoms with Crippen molar-refractivity contribution in [2.45, 2.75) is 6.54 Å². The summed E-state index contributed by atoms with van der Waals surface area (Å²) in [7, 11) is 0. The highest BCUT2D eigenvalue weighted by atomic mass is 16.4. The SMILES string of the molecule is O=C(O)CNCc1cccc(C(=O)O)c1C(=O)O. The summed E-state index contributed by atoms with van der Waals surface area (Å²) in [6.45, 7) is -0.370. The summed E-state index contributed by atoms with van der Waals surface area (Å²) in [5.41, 5.74) is -0.427. The second kappa shape index (κ2) is 5.78. The minimum absolute atomic E-state index is 0.0327. The Morgan fingerprint density at radius 3 is 2.22 bits per heavy atom. The van der Waals surface area contributed by atoms with Crippen molar-refractivity contribution in [2.75, 3.05) is 6.54 Å². The quantitative estimate of drug-likeness (QED) is 0.573. The lowest BCUT2D eigenvalue weighted by Crippen LogP contribution is -2.23. The van der Waals surface area contributed by atoms with Crippen LogP contribution in [0.25, 0.3) is 0 Å². The van der Waals surface area contributed by atoms with E-state index in [1.54, 1.807) is 0 Å². The first-order chi connectivity index (χ1) is 8.43. The molecular weight excluding hydrogens is 242 g/mol. The molecule has 0 atom stereocenters. The molecule has 0 unspecified atom stereocenters. The van der Waals surface area contributed by atoms with Crippen molar-refractivity contribution in [1.82, 2.24) is 5.32 Å². The van der Waals surface area contributed by atoms with Gasteiger partial charge in [0.1, 0.15) is 0 Å². The average Bonchev–Trinajstić information content (AvgIpc) is 2.27. The highest BCUT2D eigenvalue weighted by Crippen LogP contribution is 2.15. The molecule has 0 saturated heterocycles. The van der Waals surface area contributed by atoms with Gasteiger partial charge in [0, 0.05) is 6.54 Å². The molecule has 1 rings (SSSR count). The second-order valence-electron chi connectivity index (χ2n) is 3.45. The number of hydrogen-bond donors (Lipinski definition) is 4. The molecule has 4 N–H and O–H groups in total. The van der Waals surface area contributed by atoms with Crippen molar-refractivity contribution in [1.29, 1.82) is 0 Å². The molecule has 7 heteroatoms. The highest BCUT2D eigenvalue weighted by molar-refractivity contribution is 6.02. The van der Waals surface area contributed by atoms with Crippen LogP contribution in [0.15, 0.2) is 18.2 Å². The fourth-order valence-electron chi connectivity index (χ4n) is 1.48. The van der Waals surface area contributed by atoms with Crippen molar-refractivity contribution in [2.24, 2.45) is 0 Å². The Balaban J connectivity index is 3.03. The summed E-state index contributed by atoms with van der Waals surface area (Å²) in [6.07, 6.45) is 0. The van der Waals surface area contributed by atoms with Gasteiger partial charge in [-0.15, -0.1) is 0 Å². The van der Waals surface area contributed by atoms with Crippen LogP contribution in [-0.2, 0) is 11.3 Å². The van der Waals surface area contributed by atoms with Gasteiger partial charge < -0.3 is 20.6 Å². The molecule has 1 aromatic carbocycles. The Morgan fingerprint density at radius 2 is 1.72 bits per heavy atom. The lowest BCUT2D eigenvalue weighted by molar-refractivity contribution is -0.136. The fraction of sp³-hybridized carbons (Fsp3) is 0.182. The molecule has 0 aromatic heterocycles. The van der Waals surface area contributed by atoms with E-state index in [4.69, 9.17) is 15.3 Å². The summed E-state index contributed by atoms with van der Waals surface area (Å²) >= 11 is 0. The van der Waals surface area contributed by atoms with Crippen LogP contribution in [0.3, 0.4) is 0 Å². The van der Waals surface area contributed by atoms with Crippen LogP contribution in [0.2, 0.25) is 0 Å². The number of rotatable bonds is 6. The molecule has 0 spiro atoms. The Morgan fingerprint density at radius 1 is 1.06 bits per heavy atom. The minimum atomic E-state index is -1.36. The number of aliphatic carboxylic acids is 1. The van der Waals surface area contributed by atoms with Gasteiger partial charge in [0.25, 0.3) is 0 Å². The first kappa shape index (κ1) is 13.7. The zero-order valence-corrected chi connectivity index (χ0v) is 9.21. The van der Waals surface area contributed by atoms with E-state index in [1.165, 1.54) is 18.2 Å². The third-order valence-electron chi connectivity index (χ3n) is 2.19. The zero-order valence-electron chi connectivity index (χ0n) is 9.21. The molecule has 0 aliphatic heterocycles. The standard InChI is InChI=1S/C11H11NO6/c13-8(14)5-12-4-6-2-1-3-7(10(15)16)9(6)11(17)18/h1-3,12H,4-5H2,(H,13,14)(H,15,16)(H,17,18). The van der Waals surface area contributed by atoms with E-state index in [-0.39, 0.29) is 29.8 Å². The maximum Gasteiger partial charge on any atom is 0.336 e. The third kappa shape index (κ3) is 3.29. The largest absolute Gasteiger partial charge is 0.480 e. The predicted molar refractivity (Wildman–Crippen MR) is 59.7 cm³/mol. The van der Waals surface area contributed by atoms with Gasteiger partial charge in [-0.2, -0.15) is 0 Å². The Hall–Kier alpha value is -2.41. The van der Waals surface area contributed by atoms with E-state index in [0.29, 0.717) is 0 Å². The molecule has 0 aliphatic rings. The molecule has 1 aromatic rings. The zero-order chi connectivity index (χ0) is 13.7. The molecule has 0 radical (unpaired) electrons. The first-order valence-electron chi connectivity index (χ1n) is 4.94. The molecule has 7 nitrogen and oxygen atoms in total. The number of aromatic carboxylic acids is 2. The summed E-state index contributed by atoms with van der Waals surface area (Å²) in [4.78, 5) is 32.2. The number of carbonyl (C=O) groups is 3. The van der Waals surface area contributed by atoms with Crippen LogP contribution in [0.1, 0.15) is 26.3 Å². The van der Waals surface area contributed by atoms with E-state index in [0.717, 1.165) is 0 Å². The van der Waals surface area contributed by atoms with Gasteiger partial charge in [-0.1, -0.05) is 12.1 Å². The summed E-state index contributed by atoms with van der Waals surface area (Å²) in [6, 6.07) is 4.03. The molecule has 0 heterocycles. The van der Waals surface area contributed by atoms with E-state index in [9.17, 15) is 14.4 Å². The normalized spacial score (nSPS) is 10.0. The summed E-state index contributed by atoms with van der Waals surface area (Å²) in [5.74, 6) is -3.78. The molecule has 18 heavy (non-hydrogen) atoms. The van der Waals surface area contributed by atoms with Gasteiger partial charge in [-0.3, -0.25) is 4.79 Å². The predicted octanol–water partition coefficient (Wildman–Crippen LogP) is 0.257. The number of carboxylic acids is 3. The van der Waals surface area contributed by atoms with Gasteiger partial charge >= 0.3 is 17.9 Å². The van der Waals surface area contributed by atoms with E-state index >= 15 is 0 Å². The van der Waals surface area contributed by atoms with Gasteiger partial charge in [0.2, 0.25) is 0 Å². The second-order valence-corrected chi connectivity index (χ2v) is 3.45. The maximum atomic E-state index is 11.0. The first-order valence-corrected chi connectivity index (χ1v) is 4.94. The lowest BCUT2D eigenvalue weighted by Gasteiger charge is -2.09. The average molecular weight is 253 g/mol. The van der Waals surface area contributed by atoms with Crippen LogP contribution in [0.5, 0.6) is 0 Å².